The van der Waals surface area contributed by atoms with E-state index in [2.05, 4.69) is 10.2 Å². The zero-order chi connectivity index (χ0) is 21.2. The highest BCUT2D eigenvalue weighted by molar-refractivity contribution is 7.92. The number of rotatable bonds is 7. The van der Waals surface area contributed by atoms with Crippen LogP contribution in [0.15, 0.2) is 53.7 Å². The predicted molar refractivity (Wildman–Crippen MR) is 108 cm³/mol. The second-order valence-electron chi connectivity index (χ2n) is 6.77. The van der Waals surface area contributed by atoms with Gasteiger partial charge in [0.2, 0.25) is 5.91 Å². The molecule has 1 amide bonds. The van der Waals surface area contributed by atoms with E-state index in [1.54, 1.807) is 24.7 Å². The maximum absolute atomic E-state index is 12.5. The quantitative estimate of drug-likeness (QED) is 0.604. The fourth-order valence-corrected chi connectivity index (χ4v) is 4.08. The largest absolute Gasteiger partial charge is 0.369 e. The van der Waals surface area contributed by atoms with E-state index in [0.29, 0.717) is 0 Å². The highest BCUT2D eigenvalue weighted by Gasteiger charge is 2.26. The molecule has 2 aromatic heterocycles. The lowest BCUT2D eigenvalue weighted by Gasteiger charge is -2.13. The van der Waals surface area contributed by atoms with Crippen molar-refractivity contribution in [3.63, 3.8) is 0 Å². The Kier molecular flexibility index (Phi) is 5.64. The number of nitrogens with zero attached hydrogens (tertiary/aromatic N) is 4. The third-order valence-electron chi connectivity index (χ3n) is 4.63. The molecule has 29 heavy (non-hydrogen) atoms. The average Bonchev–Trinajstić information content (AvgIpc) is 3.16. The van der Waals surface area contributed by atoms with Gasteiger partial charge in [-0.05, 0) is 48.2 Å². The molecule has 9 nitrogen and oxygen atoms in total. The van der Waals surface area contributed by atoms with Crippen LogP contribution in [0.3, 0.4) is 0 Å². The maximum atomic E-state index is 12.5. The van der Waals surface area contributed by atoms with Crippen LogP contribution >= 0.6 is 0 Å². The summed E-state index contributed by atoms with van der Waals surface area (Å²) in [7, 11) is -3.63. The van der Waals surface area contributed by atoms with Gasteiger partial charge in [-0.1, -0.05) is 6.07 Å². The summed E-state index contributed by atoms with van der Waals surface area (Å²) in [4.78, 5) is 25.4. The fourth-order valence-electron chi connectivity index (χ4n) is 3.13. The summed E-state index contributed by atoms with van der Waals surface area (Å²) in [6.07, 6.45) is 5.67. The van der Waals surface area contributed by atoms with E-state index in [0.717, 1.165) is 28.6 Å². The predicted octanol–water partition coefficient (Wildman–Crippen LogP) is 0.693. The van der Waals surface area contributed by atoms with Crippen LogP contribution in [0.25, 0.3) is 16.8 Å². The highest BCUT2D eigenvalue weighted by atomic mass is 32.2. The molecule has 1 unspecified atom stereocenters. The number of sulfone groups is 1. The number of carbonyl (C=O) groups is 1. The molecule has 152 valence electrons. The summed E-state index contributed by atoms with van der Waals surface area (Å²) in [6, 6.07) is 8.92. The van der Waals surface area contributed by atoms with E-state index >= 15 is 0 Å². The molecule has 1 atom stereocenters. The molecule has 0 saturated carbocycles. The van der Waals surface area contributed by atoms with Gasteiger partial charge in [-0.25, -0.2) is 8.42 Å². The minimum absolute atomic E-state index is 0.0575. The molecule has 1 aromatic carbocycles. The molecule has 10 heteroatoms. The summed E-state index contributed by atoms with van der Waals surface area (Å²) in [5.74, 6) is -0.917. The van der Waals surface area contributed by atoms with Crippen molar-refractivity contribution in [3.05, 3.63) is 64.8 Å². The summed E-state index contributed by atoms with van der Waals surface area (Å²) in [6.45, 7) is 2.00. The summed E-state index contributed by atoms with van der Waals surface area (Å²) >= 11 is 0. The first-order valence-corrected chi connectivity index (χ1v) is 10.8. The summed E-state index contributed by atoms with van der Waals surface area (Å²) in [5, 5.41) is 6.87. The normalized spacial score (nSPS) is 12.6. The molecule has 0 radical (unpaired) electrons. The third-order valence-corrected chi connectivity index (χ3v) is 6.13. The van der Waals surface area contributed by atoms with Gasteiger partial charge in [-0.15, -0.1) is 0 Å². The number of benzene rings is 1. The Hall–Kier alpha value is -3.27. The Morgan fingerprint density at radius 2 is 1.86 bits per heavy atom. The average molecular weight is 415 g/mol. The molecule has 0 bridgehead atoms. The van der Waals surface area contributed by atoms with E-state index in [1.165, 1.54) is 15.4 Å². The Bertz CT molecular complexity index is 1200. The molecule has 3 aromatic rings. The lowest BCUT2D eigenvalue weighted by molar-refractivity contribution is -0.117. The van der Waals surface area contributed by atoms with Crippen molar-refractivity contribution in [2.45, 2.75) is 25.1 Å². The highest BCUT2D eigenvalue weighted by Crippen LogP contribution is 2.24. The standard InChI is InChI=1S/C19H21N5O4S/c1-13-11-15(24-21-7-8-22-24)3-4-16(13)14-5-9-23(18(25)12-14)10-6-17(19(20)26)29(2,27)28/h3-5,7-9,11-12,17H,6,10H2,1-2H3,(H2,20,26). The lowest BCUT2D eigenvalue weighted by atomic mass is 10.0. The van der Waals surface area contributed by atoms with Gasteiger partial charge in [0.25, 0.3) is 5.56 Å². The minimum Gasteiger partial charge on any atom is -0.369 e. The number of primary amides is 1. The zero-order valence-electron chi connectivity index (χ0n) is 16.0. The number of carbonyl (C=O) groups excluding carboxylic acids is 1. The first kappa shape index (κ1) is 20.5. The van der Waals surface area contributed by atoms with Crippen LogP contribution in [0, 0.1) is 6.92 Å². The van der Waals surface area contributed by atoms with Gasteiger partial charge in [-0.3, -0.25) is 9.59 Å². The molecule has 3 rings (SSSR count). The van der Waals surface area contributed by atoms with Crippen LogP contribution in [0.4, 0.5) is 0 Å². The Morgan fingerprint density at radius 1 is 1.17 bits per heavy atom. The molecule has 2 heterocycles. The molecule has 0 spiro atoms. The van der Waals surface area contributed by atoms with Crippen molar-refractivity contribution in [1.29, 1.82) is 0 Å². The summed E-state index contributed by atoms with van der Waals surface area (Å²) < 4.78 is 24.7. The Balaban J connectivity index is 1.83. The van der Waals surface area contributed by atoms with Crippen LogP contribution in [-0.2, 0) is 21.2 Å². The second kappa shape index (κ2) is 8.00. The molecule has 0 aliphatic rings. The first-order chi connectivity index (χ1) is 13.7. The van der Waals surface area contributed by atoms with Gasteiger partial charge in [0.15, 0.2) is 9.84 Å². The molecule has 0 fully saturated rings. The summed E-state index contributed by atoms with van der Waals surface area (Å²) in [5.41, 5.74) is 8.25. The number of nitrogens with two attached hydrogens (primary N) is 1. The van der Waals surface area contributed by atoms with Crippen LogP contribution in [0.1, 0.15) is 12.0 Å². The smallest absolute Gasteiger partial charge is 0.251 e. The number of aryl methyl sites for hydroxylation is 2. The molecule has 0 aliphatic carbocycles. The van der Waals surface area contributed by atoms with Gasteiger partial charge >= 0.3 is 0 Å². The van der Waals surface area contributed by atoms with Gasteiger partial charge in [-0.2, -0.15) is 15.0 Å². The third kappa shape index (κ3) is 4.60. The Morgan fingerprint density at radius 3 is 2.41 bits per heavy atom. The van der Waals surface area contributed by atoms with E-state index in [-0.39, 0.29) is 18.5 Å². The fraction of sp³-hybridized carbons (Fsp3) is 0.263. The first-order valence-electron chi connectivity index (χ1n) is 8.83. The monoisotopic (exact) mass is 415 g/mol. The van der Waals surface area contributed by atoms with Gasteiger partial charge < -0.3 is 10.3 Å². The van der Waals surface area contributed by atoms with Crippen molar-refractivity contribution in [2.75, 3.05) is 6.26 Å². The van der Waals surface area contributed by atoms with E-state index in [1.807, 2.05) is 25.1 Å². The number of hydrogen-bond acceptors (Lipinski definition) is 6. The van der Waals surface area contributed by atoms with Crippen molar-refractivity contribution in [2.24, 2.45) is 5.73 Å². The molecule has 2 N–H and O–H groups in total. The zero-order valence-corrected chi connectivity index (χ0v) is 16.8. The van der Waals surface area contributed by atoms with Crippen LogP contribution in [0.5, 0.6) is 0 Å². The van der Waals surface area contributed by atoms with Gasteiger partial charge in [0, 0.05) is 25.1 Å². The molecule has 0 aliphatic heterocycles. The minimum atomic E-state index is -3.63. The van der Waals surface area contributed by atoms with E-state index in [4.69, 9.17) is 5.73 Å². The molecule has 0 saturated heterocycles. The van der Waals surface area contributed by atoms with Gasteiger partial charge in [0.1, 0.15) is 5.25 Å². The topological polar surface area (TPSA) is 130 Å². The second-order valence-corrected chi connectivity index (χ2v) is 9.00. The number of aromatic nitrogens is 4. The van der Waals surface area contributed by atoms with Crippen molar-refractivity contribution < 1.29 is 13.2 Å². The number of hydrogen-bond donors (Lipinski definition) is 1. The van der Waals surface area contributed by atoms with E-state index in [9.17, 15) is 18.0 Å². The van der Waals surface area contributed by atoms with Gasteiger partial charge in [0.05, 0.1) is 18.1 Å². The van der Waals surface area contributed by atoms with Crippen LogP contribution < -0.4 is 11.3 Å². The van der Waals surface area contributed by atoms with Crippen molar-refractivity contribution in [3.8, 4) is 16.8 Å². The number of pyridine rings is 1. The van der Waals surface area contributed by atoms with Crippen LogP contribution in [-0.4, -0.2) is 45.4 Å². The van der Waals surface area contributed by atoms with Crippen LogP contribution in [0.2, 0.25) is 0 Å². The van der Waals surface area contributed by atoms with Crippen molar-refractivity contribution in [1.82, 2.24) is 19.6 Å². The SMILES string of the molecule is Cc1cc(-n2nccn2)ccc1-c1ccn(CCC(C(N)=O)S(C)(=O)=O)c(=O)c1. The van der Waals surface area contributed by atoms with E-state index < -0.39 is 21.0 Å². The Labute approximate surface area is 167 Å². The van der Waals surface area contributed by atoms with Crippen molar-refractivity contribution >= 4 is 15.7 Å². The maximum Gasteiger partial charge on any atom is 0.251 e. The molecular formula is C19H21N5O4S. The molecular weight excluding hydrogens is 394 g/mol. The number of amides is 1. The lowest BCUT2D eigenvalue weighted by Crippen LogP contribution is -2.36.